The molecule has 3 aromatic rings. The van der Waals surface area contributed by atoms with Gasteiger partial charge in [0.25, 0.3) is 0 Å². The summed E-state index contributed by atoms with van der Waals surface area (Å²) in [5.41, 5.74) is 2.10. The second-order valence-corrected chi connectivity index (χ2v) is 4.92. The van der Waals surface area contributed by atoms with E-state index in [2.05, 4.69) is 22.4 Å². The summed E-state index contributed by atoms with van der Waals surface area (Å²) in [6.07, 6.45) is 2.62. The molecule has 0 amide bonds. The van der Waals surface area contributed by atoms with Crippen molar-refractivity contribution in [3.63, 3.8) is 0 Å². The highest BCUT2D eigenvalue weighted by Gasteiger charge is 2.04. The number of nitrogens with one attached hydrogen (secondary N) is 1. The van der Waals surface area contributed by atoms with Crippen LogP contribution in [0.5, 0.6) is 0 Å². The van der Waals surface area contributed by atoms with Gasteiger partial charge in [-0.2, -0.15) is 0 Å². The van der Waals surface area contributed by atoms with Gasteiger partial charge in [0.2, 0.25) is 0 Å². The minimum Gasteiger partial charge on any atom is -0.464 e. The quantitative estimate of drug-likeness (QED) is 0.780. The Morgan fingerprint density at radius 3 is 2.48 bits per heavy atom. The Morgan fingerprint density at radius 2 is 1.86 bits per heavy atom. The molecule has 0 saturated carbocycles. The van der Waals surface area contributed by atoms with E-state index in [-0.39, 0.29) is 0 Å². The van der Waals surface area contributed by atoms with Gasteiger partial charge in [0, 0.05) is 24.7 Å². The van der Waals surface area contributed by atoms with E-state index in [4.69, 9.17) is 4.42 Å². The van der Waals surface area contributed by atoms with Gasteiger partial charge in [-0.05, 0) is 36.4 Å². The molecule has 0 saturated heterocycles. The summed E-state index contributed by atoms with van der Waals surface area (Å²) in [6, 6.07) is 12.2. The van der Waals surface area contributed by atoms with Gasteiger partial charge in [0.15, 0.2) is 5.82 Å². The van der Waals surface area contributed by atoms with Gasteiger partial charge in [0.05, 0.1) is 6.54 Å². The van der Waals surface area contributed by atoms with Crippen LogP contribution in [-0.4, -0.2) is 14.8 Å². The molecule has 1 N–H and O–H groups in total. The Morgan fingerprint density at radius 1 is 1.10 bits per heavy atom. The second kappa shape index (κ2) is 5.83. The molecule has 0 spiro atoms. The van der Waals surface area contributed by atoms with Crippen molar-refractivity contribution in [2.75, 3.05) is 5.32 Å². The Hall–Kier alpha value is -2.56. The van der Waals surface area contributed by atoms with E-state index in [0.717, 1.165) is 35.0 Å². The number of hydrogen-bond donors (Lipinski definition) is 1. The van der Waals surface area contributed by atoms with Gasteiger partial charge in [0.1, 0.15) is 17.8 Å². The molecule has 3 rings (SSSR count). The Kier molecular flexibility index (Phi) is 3.73. The van der Waals surface area contributed by atoms with Crippen LogP contribution in [0, 0.1) is 0 Å². The number of rotatable bonds is 5. The molecule has 0 fully saturated rings. The van der Waals surface area contributed by atoms with Crippen LogP contribution in [0.2, 0.25) is 0 Å². The number of hydrogen-bond acceptors (Lipinski definition) is 4. The van der Waals surface area contributed by atoms with Gasteiger partial charge < -0.3 is 14.3 Å². The summed E-state index contributed by atoms with van der Waals surface area (Å²) >= 11 is 0. The number of anilines is 1. The van der Waals surface area contributed by atoms with E-state index >= 15 is 0 Å². The lowest BCUT2D eigenvalue weighted by Crippen LogP contribution is -1.98. The number of nitrogens with zero attached hydrogens (tertiary/aromatic N) is 3. The van der Waals surface area contributed by atoms with Crippen LogP contribution >= 0.6 is 0 Å². The predicted octanol–water partition coefficient (Wildman–Crippen LogP) is 3.25. The molecule has 2 heterocycles. The van der Waals surface area contributed by atoms with Crippen LogP contribution in [0.15, 0.2) is 47.1 Å². The number of furan rings is 1. The Bertz CT molecular complexity index is 712. The Labute approximate surface area is 123 Å². The fourth-order valence-corrected chi connectivity index (χ4v) is 2.18. The lowest BCUT2D eigenvalue weighted by Gasteiger charge is -2.06. The van der Waals surface area contributed by atoms with E-state index in [1.165, 1.54) is 0 Å². The summed E-state index contributed by atoms with van der Waals surface area (Å²) in [4.78, 5) is 0. The van der Waals surface area contributed by atoms with Crippen molar-refractivity contribution in [2.24, 2.45) is 7.05 Å². The maximum absolute atomic E-state index is 5.67. The lowest BCUT2D eigenvalue weighted by molar-refractivity contribution is 0.476. The minimum atomic E-state index is 0.684. The molecule has 0 aliphatic heterocycles. The maximum Gasteiger partial charge on any atom is 0.163 e. The molecule has 2 aromatic heterocycles. The van der Waals surface area contributed by atoms with Gasteiger partial charge in [-0.15, -0.1) is 10.2 Å². The highest BCUT2D eigenvalue weighted by atomic mass is 16.3. The van der Waals surface area contributed by atoms with Crippen molar-refractivity contribution >= 4 is 5.69 Å². The molecule has 5 nitrogen and oxygen atoms in total. The normalized spacial score (nSPS) is 10.8. The first-order valence-corrected chi connectivity index (χ1v) is 7.02. The standard InChI is InChI=1S/C16H18N4O/c1-3-14-8-9-15(21-14)10-17-13-6-4-12(5-7-13)16-19-18-11-20(16)2/h4-9,11,17H,3,10H2,1-2H3. The average molecular weight is 282 g/mol. The molecular formula is C16H18N4O. The van der Waals surface area contributed by atoms with Crippen LogP contribution in [0.3, 0.4) is 0 Å². The third-order valence-electron chi connectivity index (χ3n) is 3.39. The highest BCUT2D eigenvalue weighted by Crippen LogP contribution is 2.19. The molecule has 0 aliphatic carbocycles. The van der Waals surface area contributed by atoms with Crippen LogP contribution < -0.4 is 5.32 Å². The van der Waals surface area contributed by atoms with Gasteiger partial charge >= 0.3 is 0 Å². The summed E-state index contributed by atoms with van der Waals surface area (Å²) in [5.74, 6) is 2.83. The van der Waals surface area contributed by atoms with Crippen LogP contribution in [0.1, 0.15) is 18.4 Å². The summed E-state index contributed by atoms with van der Waals surface area (Å²) in [7, 11) is 1.93. The molecule has 0 atom stereocenters. The van der Waals surface area contributed by atoms with Gasteiger partial charge in [-0.25, -0.2) is 0 Å². The minimum absolute atomic E-state index is 0.684. The topological polar surface area (TPSA) is 55.9 Å². The van der Waals surface area contributed by atoms with Gasteiger partial charge in [-0.1, -0.05) is 6.92 Å². The van der Waals surface area contributed by atoms with Crippen molar-refractivity contribution in [1.29, 1.82) is 0 Å². The fourth-order valence-electron chi connectivity index (χ4n) is 2.18. The Balaban J connectivity index is 1.66. The van der Waals surface area contributed by atoms with Crippen molar-refractivity contribution in [3.05, 3.63) is 54.2 Å². The molecule has 1 aromatic carbocycles. The summed E-state index contributed by atoms with van der Waals surface area (Å²) in [5, 5.41) is 11.3. The first-order chi connectivity index (χ1) is 10.3. The molecule has 0 bridgehead atoms. The van der Waals surface area contributed by atoms with Crippen molar-refractivity contribution < 1.29 is 4.42 Å². The largest absolute Gasteiger partial charge is 0.464 e. The molecule has 21 heavy (non-hydrogen) atoms. The predicted molar refractivity (Wildman–Crippen MR) is 81.9 cm³/mol. The van der Waals surface area contributed by atoms with Crippen molar-refractivity contribution in [1.82, 2.24) is 14.8 Å². The molecule has 5 heteroatoms. The highest BCUT2D eigenvalue weighted by molar-refractivity contribution is 5.59. The molecule has 0 unspecified atom stereocenters. The van der Waals surface area contributed by atoms with E-state index in [9.17, 15) is 0 Å². The maximum atomic E-state index is 5.67. The van der Waals surface area contributed by atoms with Crippen LogP contribution in [-0.2, 0) is 20.0 Å². The molecule has 108 valence electrons. The monoisotopic (exact) mass is 282 g/mol. The zero-order valence-electron chi connectivity index (χ0n) is 12.2. The van der Waals surface area contributed by atoms with Crippen LogP contribution in [0.4, 0.5) is 5.69 Å². The van der Waals surface area contributed by atoms with E-state index < -0.39 is 0 Å². The van der Waals surface area contributed by atoms with E-state index in [0.29, 0.717) is 6.54 Å². The zero-order valence-corrected chi connectivity index (χ0v) is 12.2. The molecule has 0 aliphatic rings. The van der Waals surface area contributed by atoms with E-state index in [1.807, 2.05) is 48.0 Å². The molecular weight excluding hydrogens is 264 g/mol. The number of aromatic nitrogens is 3. The zero-order chi connectivity index (χ0) is 14.7. The summed E-state index contributed by atoms with van der Waals surface area (Å²) in [6.45, 7) is 2.77. The molecule has 0 radical (unpaired) electrons. The third kappa shape index (κ3) is 2.97. The average Bonchev–Trinajstić information content (AvgIpc) is 3.14. The van der Waals surface area contributed by atoms with Crippen molar-refractivity contribution in [3.8, 4) is 11.4 Å². The van der Waals surface area contributed by atoms with Gasteiger partial charge in [-0.3, -0.25) is 0 Å². The van der Waals surface area contributed by atoms with Crippen LogP contribution in [0.25, 0.3) is 11.4 Å². The fraction of sp³-hybridized carbons (Fsp3) is 0.250. The first-order valence-electron chi connectivity index (χ1n) is 7.02. The lowest BCUT2D eigenvalue weighted by atomic mass is 10.2. The second-order valence-electron chi connectivity index (χ2n) is 4.92. The number of aryl methyl sites for hydroxylation is 2. The SMILES string of the molecule is CCc1ccc(CNc2ccc(-c3nncn3C)cc2)o1. The third-order valence-corrected chi connectivity index (χ3v) is 3.39. The van der Waals surface area contributed by atoms with E-state index in [1.54, 1.807) is 6.33 Å². The smallest absolute Gasteiger partial charge is 0.163 e. The first kappa shape index (κ1) is 13.4. The summed E-state index contributed by atoms with van der Waals surface area (Å²) < 4.78 is 7.57. The van der Waals surface area contributed by atoms with Crippen molar-refractivity contribution in [2.45, 2.75) is 19.9 Å². The number of benzene rings is 1.